The second-order valence-electron chi connectivity index (χ2n) is 6.04. The van der Waals surface area contributed by atoms with Crippen molar-refractivity contribution in [3.8, 4) is 0 Å². The number of benzene rings is 1. The lowest BCUT2D eigenvalue weighted by Gasteiger charge is -2.24. The van der Waals surface area contributed by atoms with E-state index in [4.69, 9.17) is 5.11 Å². The highest BCUT2D eigenvalue weighted by molar-refractivity contribution is 5.74. The van der Waals surface area contributed by atoms with Crippen LogP contribution in [0.5, 0.6) is 0 Å². The summed E-state index contributed by atoms with van der Waals surface area (Å²) in [6.07, 6.45) is 2.48. The number of hydrogen-bond donors (Lipinski definition) is 3. The molecule has 1 aromatic carbocycles. The molecule has 2 amide bonds. The molecule has 5 nitrogen and oxygen atoms in total. The largest absolute Gasteiger partial charge is 0.481 e. The van der Waals surface area contributed by atoms with E-state index in [9.17, 15) is 9.59 Å². The molecule has 0 bridgehead atoms. The van der Waals surface area contributed by atoms with Gasteiger partial charge < -0.3 is 15.7 Å². The summed E-state index contributed by atoms with van der Waals surface area (Å²) < 4.78 is 0. The third-order valence-corrected chi connectivity index (χ3v) is 3.88. The maximum atomic E-state index is 11.7. The number of nitrogens with one attached hydrogen (secondary N) is 2. The number of aliphatic carboxylic acids is 1. The van der Waals surface area contributed by atoms with Crippen molar-refractivity contribution in [3.05, 3.63) is 35.4 Å². The minimum absolute atomic E-state index is 0.0576. The Labute approximate surface area is 124 Å². The fourth-order valence-corrected chi connectivity index (χ4v) is 2.81. The number of carbonyl (C=O) groups excluding carboxylic acids is 1. The molecule has 0 radical (unpaired) electrons. The van der Waals surface area contributed by atoms with Crippen LogP contribution in [-0.4, -0.2) is 30.2 Å². The molecule has 5 heteroatoms. The van der Waals surface area contributed by atoms with E-state index in [1.165, 1.54) is 11.1 Å². The van der Waals surface area contributed by atoms with Gasteiger partial charge in [0.1, 0.15) is 0 Å². The van der Waals surface area contributed by atoms with E-state index in [-0.39, 0.29) is 17.9 Å². The van der Waals surface area contributed by atoms with Crippen LogP contribution in [-0.2, 0) is 17.6 Å². The first kappa shape index (κ1) is 15.4. The molecule has 0 heterocycles. The van der Waals surface area contributed by atoms with E-state index >= 15 is 0 Å². The Morgan fingerprint density at radius 3 is 2.38 bits per heavy atom. The molecule has 0 aliphatic heterocycles. The zero-order chi connectivity index (χ0) is 15.3. The molecule has 114 valence electrons. The first-order valence-corrected chi connectivity index (χ1v) is 7.29. The molecule has 0 spiro atoms. The summed E-state index contributed by atoms with van der Waals surface area (Å²) in [5.41, 5.74) is 2.79. The molecule has 0 saturated carbocycles. The molecule has 0 atom stereocenters. The third-order valence-electron chi connectivity index (χ3n) is 3.88. The summed E-state index contributed by atoms with van der Waals surface area (Å²) >= 11 is 0. The fraction of sp³-hybridized carbons (Fsp3) is 0.500. The SMILES string of the molecule is CC1(CNC(=O)NCCCC(=O)O)Cc2ccccc2C1. The van der Waals surface area contributed by atoms with Crippen LogP contribution in [0, 0.1) is 5.41 Å². The number of carboxylic acid groups (broad SMARTS) is 1. The van der Waals surface area contributed by atoms with Crippen LogP contribution >= 0.6 is 0 Å². The Bertz CT molecular complexity index is 503. The second kappa shape index (κ2) is 6.61. The van der Waals surface area contributed by atoms with Crippen LogP contribution in [0.15, 0.2) is 24.3 Å². The average molecular weight is 290 g/mol. The van der Waals surface area contributed by atoms with E-state index in [0.29, 0.717) is 19.5 Å². The van der Waals surface area contributed by atoms with Crippen molar-refractivity contribution in [1.29, 1.82) is 0 Å². The highest BCUT2D eigenvalue weighted by Gasteiger charge is 2.32. The van der Waals surface area contributed by atoms with Crippen molar-refractivity contribution in [1.82, 2.24) is 10.6 Å². The van der Waals surface area contributed by atoms with Crippen molar-refractivity contribution < 1.29 is 14.7 Å². The van der Waals surface area contributed by atoms with E-state index in [0.717, 1.165) is 12.8 Å². The average Bonchev–Trinajstić information content (AvgIpc) is 2.78. The number of carboxylic acids is 1. The van der Waals surface area contributed by atoms with Gasteiger partial charge in [0.25, 0.3) is 0 Å². The van der Waals surface area contributed by atoms with Gasteiger partial charge in [0.15, 0.2) is 0 Å². The lowest BCUT2D eigenvalue weighted by atomic mass is 9.87. The van der Waals surface area contributed by atoms with Gasteiger partial charge in [-0.3, -0.25) is 4.79 Å². The summed E-state index contributed by atoms with van der Waals surface area (Å²) in [4.78, 5) is 22.1. The molecule has 0 saturated heterocycles. The Morgan fingerprint density at radius 1 is 1.19 bits per heavy atom. The molecule has 1 aliphatic rings. The van der Waals surface area contributed by atoms with Crippen molar-refractivity contribution in [2.45, 2.75) is 32.6 Å². The second-order valence-corrected chi connectivity index (χ2v) is 6.04. The summed E-state index contributed by atoms with van der Waals surface area (Å²) in [7, 11) is 0. The molecule has 3 N–H and O–H groups in total. The van der Waals surface area contributed by atoms with Gasteiger partial charge in [-0.15, -0.1) is 0 Å². The summed E-state index contributed by atoms with van der Waals surface area (Å²) in [5.74, 6) is -0.839. The minimum Gasteiger partial charge on any atom is -0.481 e. The number of fused-ring (bicyclic) bond motifs is 1. The molecule has 0 aromatic heterocycles. The van der Waals surface area contributed by atoms with E-state index < -0.39 is 5.97 Å². The van der Waals surface area contributed by atoms with Gasteiger partial charge in [-0.25, -0.2) is 4.79 Å². The smallest absolute Gasteiger partial charge is 0.314 e. The highest BCUT2D eigenvalue weighted by atomic mass is 16.4. The topological polar surface area (TPSA) is 78.4 Å². The minimum atomic E-state index is -0.839. The summed E-state index contributed by atoms with van der Waals surface area (Å²) in [6.45, 7) is 3.18. The molecule has 0 fully saturated rings. The Morgan fingerprint density at radius 2 is 1.81 bits per heavy atom. The number of hydrogen-bond acceptors (Lipinski definition) is 2. The van der Waals surface area contributed by atoms with Gasteiger partial charge in [-0.2, -0.15) is 0 Å². The zero-order valence-electron chi connectivity index (χ0n) is 12.3. The van der Waals surface area contributed by atoms with Gasteiger partial charge in [0.05, 0.1) is 0 Å². The van der Waals surface area contributed by atoms with Crippen LogP contribution in [0.4, 0.5) is 4.79 Å². The van der Waals surface area contributed by atoms with Gasteiger partial charge >= 0.3 is 12.0 Å². The van der Waals surface area contributed by atoms with E-state index in [1.54, 1.807) is 0 Å². The Balaban J connectivity index is 1.71. The lowest BCUT2D eigenvalue weighted by Crippen LogP contribution is -2.42. The molecule has 1 aromatic rings. The monoisotopic (exact) mass is 290 g/mol. The predicted molar refractivity (Wildman–Crippen MR) is 80.2 cm³/mol. The van der Waals surface area contributed by atoms with Gasteiger partial charge in [0, 0.05) is 19.5 Å². The molecule has 1 aliphatic carbocycles. The van der Waals surface area contributed by atoms with Crippen molar-refractivity contribution in [2.75, 3.05) is 13.1 Å². The molecule has 2 rings (SSSR count). The molecule has 0 unspecified atom stereocenters. The van der Waals surface area contributed by atoms with Crippen LogP contribution in [0.2, 0.25) is 0 Å². The zero-order valence-corrected chi connectivity index (χ0v) is 12.3. The molecular weight excluding hydrogens is 268 g/mol. The first-order chi connectivity index (χ1) is 9.98. The van der Waals surface area contributed by atoms with Crippen molar-refractivity contribution in [3.63, 3.8) is 0 Å². The quantitative estimate of drug-likeness (QED) is 0.701. The van der Waals surface area contributed by atoms with Crippen LogP contribution in [0.25, 0.3) is 0 Å². The lowest BCUT2D eigenvalue weighted by molar-refractivity contribution is -0.137. The predicted octanol–water partition coefficient (Wildman–Crippen LogP) is 1.96. The first-order valence-electron chi connectivity index (χ1n) is 7.29. The van der Waals surface area contributed by atoms with Crippen LogP contribution < -0.4 is 10.6 Å². The molecular formula is C16H22N2O3. The van der Waals surface area contributed by atoms with Gasteiger partial charge in [-0.05, 0) is 35.8 Å². The van der Waals surface area contributed by atoms with Crippen molar-refractivity contribution >= 4 is 12.0 Å². The maximum absolute atomic E-state index is 11.7. The van der Waals surface area contributed by atoms with E-state index in [2.05, 4.69) is 29.7 Å². The number of amides is 2. The summed E-state index contributed by atoms with van der Waals surface area (Å²) in [6, 6.07) is 8.16. The number of carbonyl (C=O) groups is 2. The number of urea groups is 1. The third kappa shape index (κ3) is 4.48. The van der Waals surface area contributed by atoms with Crippen LogP contribution in [0.3, 0.4) is 0 Å². The van der Waals surface area contributed by atoms with E-state index in [1.807, 2.05) is 12.1 Å². The standard InChI is InChI=1S/C16H22N2O3/c1-16(9-12-5-2-3-6-13(12)10-16)11-18-15(21)17-8-4-7-14(19)20/h2-3,5-6H,4,7-11H2,1H3,(H,19,20)(H2,17,18,21). The van der Waals surface area contributed by atoms with Gasteiger partial charge in [0.2, 0.25) is 0 Å². The summed E-state index contributed by atoms with van der Waals surface area (Å²) in [5, 5.41) is 14.1. The maximum Gasteiger partial charge on any atom is 0.314 e. The molecule has 21 heavy (non-hydrogen) atoms. The Kier molecular flexibility index (Phi) is 4.83. The highest BCUT2D eigenvalue weighted by Crippen LogP contribution is 2.35. The Hall–Kier alpha value is -2.04. The normalized spacial score (nSPS) is 15.3. The fourth-order valence-electron chi connectivity index (χ4n) is 2.81. The van der Waals surface area contributed by atoms with Gasteiger partial charge in [-0.1, -0.05) is 31.2 Å². The van der Waals surface area contributed by atoms with Crippen LogP contribution in [0.1, 0.15) is 30.9 Å². The number of rotatable bonds is 6. The van der Waals surface area contributed by atoms with Crippen molar-refractivity contribution in [2.24, 2.45) is 5.41 Å².